The summed E-state index contributed by atoms with van der Waals surface area (Å²) in [4.78, 5) is 2.39. The van der Waals surface area contributed by atoms with E-state index >= 15 is 0 Å². The number of aliphatic hydroxyl groups is 1. The molecule has 0 spiro atoms. The molecule has 16 heavy (non-hydrogen) atoms. The van der Waals surface area contributed by atoms with E-state index < -0.39 is 0 Å². The average Bonchev–Trinajstić information content (AvgIpc) is 2.82. The zero-order valence-electron chi connectivity index (χ0n) is 9.94. The summed E-state index contributed by atoms with van der Waals surface area (Å²) in [6, 6.07) is 0. The molecule has 2 unspecified atom stereocenters. The van der Waals surface area contributed by atoms with Crippen LogP contribution in [0.1, 0.15) is 25.7 Å². The van der Waals surface area contributed by atoms with Gasteiger partial charge in [-0.15, -0.1) is 0 Å². The summed E-state index contributed by atoms with van der Waals surface area (Å²) in [5.41, 5.74) is 0. The van der Waals surface area contributed by atoms with Crippen molar-refractivity contribution in [3.8, 4) is 0 Å². The number of hydrogen-bond acceptors (Lipinski definition) is 4. The fraction of sp³-hybridized carbons (Fsp3) is 1.00. The second kappa shape index (κ2) is 6.55. The van der Waals surface area contributed by atoms with Crippen LogP contribution in [-0.4, -0.2) is 61.7 Å². The van der Waals surface area contributed by atoms with Crippen molar-refractivity contribution in [3.63, 3.8) is 0 Å². The van der Waals surface area contributed by atoms with Crippen LogP contribution >= 0.6 is 0 Å². The molecule has 2 aliphatic rings. The molecule has 2 saturated heterocycles. The third-order valence-electron chi connectivity index (χ3n) is 3.45. The highest BCUT2D eigenvalue weighted by atomic mass is 16.5. The van der Waals surface area contributed by atoms with Crippen LogP contribution in [0.4, 0.5) is 0 Å². The van der Waals surface area contributed by atoms with Crippen LogP contribution in [0.2, 0.25) is 0 Å². The number of aliphatic hydroxyl groups excluding tert-OH is 1. The predicted octanol–water partition coefficient (Wildman–Crippen LogP) is 0.639. The van der Waals surface area contributed by atoms with E-state index in [2.05, 4.69) is 4.90 Å². The molecular formula is C12H23NO3. The van der Waals surface area contributed by atoms with Crippen molar-refractivity contribution >= 4 is 0 Å². The Morgan fingerprint density at radius 1 is 1.19 bits per heavy atom. The molecule has 1 N–H and O–H groups in total. The second-order valence-electron chi connectivity index (χ2n) is 4.75. The second-order valence-corrected chi connectivity index (χ2v) is 4.75. The Morgan fingerprint density at radius 3 is 2.81 bits per heavy atom. The molecule has 4 nitrogen and oxygen atoms in total. The van der Waals surface area contributed by atoms with E-state index in [1.807, 2.05) is 0 Å². The number of ether oxygens (including phenoxy) is 2. The van der Waals surface area contributed by atoms with Crippen molar-refractivity contribution in [2.45, 2.75) is 37.9 Å². The van der Waals surface area contributed by atoms with E-state index in [1.54, 1.807) is 0 Å². The maximum absolute atomic E-state index is 9.04. The van der Waals surface area contributed by atoms with E-state index in [1.165, 1.54) is 25.7 Å². The molecular weight excluding hydrogens is 206 g/mol. The minimum absolute atomic E-state index is 0.0245. The Balaban J connectivity index is 1.58. The van der Waals surface area contributed by atoms with Gasteiger partial charge in [0.1, 0.15) is 0 Å². The molecule has 2 fully saturated rings. The highest BCUT2D eigenvalue weighted by molar-refractivity contribution is 4.72. The molecule has 2 aliphatic heterocycles. The van der Waals surface area contributed by atoms with Crippen molar-refractivity contribution in [1.29, 1.82) is 0 Å². The van der Waals surface area contributed by atoms with Crippen molar-refractivity contribution < 1.29 is 14.6 Å². The normalized spacial score (nSPS) is 32.1. The van der Waals surface area contributed by atoms with Gasteiger partial charge in [0.2, 0.25) is 0 Å². The van der Waals surface area contributed by atoms with Crippen LogP contribution in [0.15, 0.2) is 0 Å². The summed E-state index contributed by atoms with van der Waals surface area (Å²) in [6.07, 6.45) is 5.38. The molecule has 2 rings (SSSR count). The SMILES string of the molecule is OCC1CN(CCCC2CCCO2)CCO1. The molecule has 0 aromatic rings. The van der Waals surface area contributed by atoms with Crippen LogP contribution in [-0.2, 0) is 9.47 Å². The lowest BCUT2D eigenvalue weighted by atomic mass is 10.1. The van der Waals surface area contributed by atoms with E-state index in [0.717, 1.165) is 32.8 Å². The molecule has 0 aromatic heterocycles. The fourth-order valence-corrected chi connectivity index (χ4v) is 2.51. The third-order valence-corrected chi connectivity index (χ3v) is 3.45. The number of morpholine rings is 1. The molecule has 2 atom stereocenters. The lowest BCUT2D eigenvalue weighted by Gasteiger charge is -2.32. The van der Waals surface area contributed by atoms with Gasteiger partial charge in [0.15, 0.2) is 0 Å². The fourth-order valence-electron chi connectivity index (χ4n) is 2.51. The largest absolute Gasteiger partial charge is 0.394 e. The van der Waals surface area contributed by atoms with Gasteiger partial charge in [0.05, 0.1) is 25.4 Å². The first kappa shape index (κ1) is 12.3. The molecule has 0 aromatic carbocycles. The van der Waals surface area contributed by atoms with Gasteiger partial charge in [-0.05, 0) is 32.2 Å². The van der Waals surface area contributed by atoms with E-state index in [4.69, 9.17) is 14.6 Å². The standard InChI is InChI=1S/C12H23NO3/c14-10-12-9-13(6-8-16-12)5-1-3-11-4-2-7-15-11/h11-12,14H,1-10H2. The topological polar surface area (TPSA) is 41.9 Å². The Labute approximate surface area is 97.5 Å². The molecule has 0 amide bonds. The summed E-state index contributed by atoms with van der Waals surface area (Å²) >= 11 is 0. The lowest BCUT2D eigenvalue weighted by molar-refractivity contribution is -0.0535. The highest BCUT2D eigenvalue weighted by Gasteiger charge is 2.20. The maximum atomic E-state index is 9.04. The summed E-state index contributed by atoms with van der Waals surface area (Å²) in [6.45, 7) is 4.84. The van der Waals surface area contributed by atoms with E-state index in [-0.39, 0.29) is 12.7 Å². The van der Waals surface area contributed by atoms with Crippen molar-refractivity contribution in [2.24, 2.45) is 0 Å². The first-order valence-electron chi connectivity index (χ1n) is 6.45. The van der Waals surface area contributed by atoms with Gasteiger partial charge in [0, 0.05) is 19.7 Å². The van der Waals surface area contributed by atoms with Gasteiger partial charge in [-0.3, -0.25) is 4.90 Å². The monoisotopic (exact) mass is 229 g/mol. The molecule has 94 valence electrons. The minimum Gasteiger partial charge on any atom is -0.394 e. The van der Waals surface area contributed by atoms with Crippen LogP contribution in [0.5, 0.6) is 0 Å². The molecule has 0 aliphatic carbocycles. The van der Waals surface area contributed by atoms with Crippen molar-refractivity contribution in [3.05, 3.63) is 0 Å². The zero-order chi connectivity index (χ0) is 11.2. The smallest absolute Gasteiger partial charge is 0.0932 e. The summed E-state index contributed by atoms with van der Waals surface area (Å²) in [7, 11) is 0. The van der Waals surface area contributed by atoms with E-state index in [0.29, 0.717) is 6.10 Å². The molecule has 2 heterocycles. The summed E-state index contributed by atoms with van der Waals surface area (Å²) < 4.78 is 11.0. The van der Waals surface area contributed by atoms with Crippen LogP contribution < -0.4 is 0 Å². The number of rotatable bonds is 5. The van der Waals surface area contributed by atoms with Crippen LogP contribution in [0.25, 0.3) is 0 Å². The molecule has 0 bridgehead atoms. The Morgan fingerprint density at radius 2 is 2.06 bits per heavy atom. The average molecular weight is 229 g/mol. The molecule has 4 heteroatoms. The van der Waals surface area contributed by atoms with E-state index in [9.17, 15) is 0 Å². The Hall–Kier alpha value is -0.160. The van der Waals surface area contributed by atoms with Gasteiger partial charge >= 0.3 is 0 Å². The van der Waals surface area contributed by atoms with Gasteiger partial charge < -0.3 is 14.6 Å². The highest BCUT2D eigenvalue weighted by Crippen LogP contribution is 2.17. The minimum atomic E-state index is 0.0245. The Bertz CT molecular complexity index is 195. The van der Waals surface area contributed by atoms with Crippen molar-refractivity contribution in [1.82, 2.24) is 4.90 Å². The maximum Gasteiger partial charge on any atom is 0.0932 e. The van der Waals surface area contributed by atoms with Gasteiger partial charge in [-0.1, -0.05) is 0 Å². The first-order valence-corrected chi connectivity index (χ1v) is 6.45. The van der Waals surface area contributed by atoms with Gasteiger partial charge in [-0.2, -0.15) is 0 Å². The molecule has 0 saturated carbocycles. The third kappa shape index (κ3) is 3.70. The van der Waals surface area contributed by atoms with Gasteiger partial charge in [-0.25, -0.2) is 0 Å². The molecule has 0 radical (unpaired) electrons. The Kier molecular flexibility index (Phi) is 5.03. The number of hydrogen-bond donors (Lipinski definition) is 1. The van der Waals surface area contributed by atoms with Crippen LogP contribution in [0.3, 0.4) is 0 Å². The summed E-state index contributed by atoms with van der Waals surface area (Å²) in [5.74, 6) is 0. The van der Waals surface area contributed by atoms with Crippen molar-refractivity contribution in [2.75, 3.05) is 39.5 Å². The predicted molar refractivity (Wildman–Crippen MR) is 61.5 cm³/mol. The first-order chi connectivity index (χ1) is 7.88. The zero-order valence-corrected chi connectivity index (χ0v) is 9.94. The lowest BCUT2D eigenvalue weighted by Crippen LogP contribution is -2.44. The van der Waals surface area contributed by atoms with Gasteiger partial charge in [0.25, 0.3) is 0 Å². The summed E-state index contributed by atoms with van der Waals surface area (Å²) in [5, 5.41) is 9.04. The number of nitrogens with zero attached hydrogens (tertiary/aromatic N) is 1. The quantitative estimate of drug-likeness (QED) is 0.751. The van der Waals surface area contributed by atoms with Crippen LogP contribution in [0, 0.1) is 0 Å².